The van der Waals surface area contributed by atoms with E-state index in [1.165, 1.54) is 32.1 Å². The van der Waals surface area contributed by atoms with Gasteiger partial charge in [-0.15, -0.1) is 0 Å². The summed E-state index contributed by atoms with van der Waals surface area (Å²) < 4.78 is 4.23. The lowest BCUT2D eigenvalue weighted by Crippen LogP contribution is -2.25. The molecule has 2 aromatic heterocycles. The molecule has 5 heteroatoms. The van der Waals surface area contributed by atoms with Crippen LogP contribution in [-0.2, 0) is 6.54 Å². The van der Waals surface area contributed by atoms with Crippen molar-refractivity contribution in [1.29, 1.82) is 0 Å². The Hall–Kier alpha value is -1.78. The molecule has 21 heavy (non-hydrogen) atoms. The third-order valence-electron chi connectivity index (χ3n) is 4.28. The molecule has 1 fully saturated rings. The number of imidazole rings is 1. The molecule has 2 aromatic rings. The maximum atomic E-state index is 4.68. The fourth-order valence-corrected chi connectivity index (χ4v) is 3.16. The zero-order chi connectivity index (χ0) is 14.7. The van der Waals surface area contributed by atoms with Crippen LogP contribution in [0.25, 0.3) is 0 Å². The molecule has 1 unspecified atom stereocenters. The summed E-state index contributed by atoms with van der Waals surface area (Å²) in [4.78, 5) is 4.68. The second-order valence-corrected chi connectivity index (χ2v) is 6.17. The van der Waals surface area contributed by atoms with Crippen LogP contribution >= 0.6 is 0 Å². The standard InChI is InChI=1S/C16H25N5/c1-13-11-21(14(2)12-20-10-6-9-17-20)16(18-13)19-15-7-4-3-5-8-15/h6,9-11,14-15H,3-5,7-8,12H2,1-2H3,(H,18,19). The summed E-state index contributed by atoms with van der Waals surface area (Å²) in [6.45, 7) is 5.14. The van der Waals surface area contributed by atoms with Crippen LogP contribution in [0.4, 0.5) is 5.95 Å². The van der Waals surface area contributed by atoms with E-state index in [1.54, 1.807) is 0 Å². The minimum absolute atomic E-state index is 0.331. The Labute approximate surface area is 126 Å². The zero-order valence-electron chi connectivity index (χ0n) is 13.0. The molecular weight excluding hydrogens is 262 g/mol. The molecule has 1 N–H and O–H groups in total. The minimum Gasteiger partial charge on any atom is -0.353 e. The maximum absolute atomic E-state index is 4.68. The number of aromatic nitrogens is 4. The summed E-state index contributed by atoms with van der Waals surface area (Å²) in [6, 6.07) is 2.88. The van der Waals surface area contributed by atoms with Crippen molar-refractivity contribution in [1.82, 2.24) is 19.3 Å². The number of nitrogens with zero attached hydrogens (tertiary/aromatic N) is 4. The van der Waals surface area contributed by atoms with Gasteiger partial charge in [0.15, 0.2) is 0 Å². The van der Waals surface area contributed by atoms with Crippen LogP contribution in [0, 0.1) is 6.92 Å². The normalized spacial score (nSPS) is 17.8. The van der Waals surface area contributed by atoms with Gasteiger partial charge in [0.05, 0.1) is 18.3 Å². The highest BCUT2D eigenvalue weighted by molar-refractivity contribution is 5.31. The van der Waals surface area contributed by atoms with Crippen LogP contribution in [0.2, 0.25) is 0 Å². The molecule has 0 radical (unpaired) electrons. The van der Waals surface area contributed by atoms with Gasteiger partial charge in [-0.3, -0.25) is 4.68 Å². The molecule has 114 valence electrons. The van der Waals surface area contributed by atoms with Gasteiger partial charge in [0.2, 0.25) is 5.95 Å². The quantitative estimate of drug-likeness (QED) is 0.917. The van der Waals surface area contributed by atoms with E-state index >= 15 is 0 Å². The van der Waals surface area contributed by atoms with Crippen molar-refractivity contribution < 1.29 is 0 Å². The monoisotopic (exact) mass is 287 g/mol. The van der Waals surface area contributed by atoms with Crippen LogP contribution in [-0.4, -0.2) is 25.4 Å². The molecular formula is C16H25N5. The van der Waals surface area contributed by atoms with Crippen molar-refractivity contribution >= 4 is 5.95 Å². The van der Waals surface area contributed by atoms with Crippen LogP contribution < -0.4 is 5.32 Å². The number of hydrogen-bond acceptors (Lipinski definition) is 3. The van der Waals surface area contributed by atoms with E-state index in [9.17, 15) is 0 Å². The van der Waals surface area contributed by atoms with Crippen molar-refractivity contribution in [3.63, 3.8) is 0 Å². The van der Waals surface area contributed by atoms with Gasteiger partial charge in [-0.25, -0.2) is 4.98 Å². The van der Waals surface area contributed by atoms with Gasteiger partial charge in [0.1, 0.15) is 0 Å². The Morgan fingerprint density at radius 2 is 2.14 bits per heavy atom. The molecule has 0 saturated heterocycles. The molecule has 0 amide bonds. The third kappa shape index (κ3) is 3.46. The first kappa shape index (κ1) is 14.2. The molecule has 0 bridgehead atoms. The van der Waals surface area contributed by atoms with Crippen LogP contribution in [0.1, 0.15) is 50.8 Å². The summed E-state index contributed by atoms with van der Waals surface area (Å²) in [6.07, 6.45) is 12.5. The molecule has 1 aliphatic rings. The topological polar surface area (TPSA) is 47.7 Å². The second kappa shape index (κ2) is 6.33. The summed E-state index contributed by atoms with van der Waals surface area (Å²) in [5, 5.41) is 7.95. The van der Waals surface area contributed by atoms with Crippen molar-refractivity contribution in [3.8, 4) is 0 Å². The summed E-state index contributed by atoms with van der Waals surface area (Å²) >= 11 is 0. The lowest BCUT2D eigenvalue weighted by Gasteiger charge is -2.25. The van der Waals surface area contributed by atoms with Crippen LogP contribution in [0.5, 0.6) is 0 Å². The predicted octanol–water partition coefficient (Wildman–Crippen LogP) is 3.39. The van der Waals surface area contributed by atoms with Gasteiger partial charge in [0.25, 0.3) is 0 Å². The highest BCUT2D eigenvalue weighted by Gasteiger charge is 2.18. The van der Waals surface area contributed by atoms with Gasteiger partial charge >= 0.3 is 0 Å². The van der Waals surface area contributed by atoms with Crippen molar-refractivity contribution in [2.24, 2.45) is 0 Å². The van der Waals surface area contributed by atoms with E-state index in [0.717, 1.165) is 18.2 Å². The van der Waals surface area contributed by atoms with E-state index in [2.05, 4.69) is 40.0 Å². The molecule has 0 aliphatic heterocycles. The fourth-order valence-electron chi connectivity index (χ4n) is 3.16. The first-order valence-corrected chi connectivity index (χ1v) is 8.02. The van der Waals surface area contributed by atoms with Crippen molar-refractivity contribution in [2.45, 2.75) is 64.6 Å². The molecule has 5 nitrogen and oxygen atoms in total. The summed E-state index contributed by atoms with van der Waals surface area (Å²) in [5.74, 6) is 1.01. The van der Waals surface area contributed by atoms with Crippen LogP contribution in [0.15, 0.2) is 24.7 Å². The molecule has 0 aromatic carbocycles. The second-order valence-electron chi connectivity index (χ2n) is 6.17. The number of nitrogens with one attached hydrogen (secondary N) is 1. The Balaban J connectivity index is 1.71. The average Bonchev–Trinajstić information content (AvgIpc) is 3.10. The average molecular weight is 287 g/mol. The zero-order valence-corrected chi connectivity index (χ0v) is 13.0. The van der Waals surface area contributed by atoms with Gasteiger partial charge in [-0.1, -0.05) is 19.3 Å². The molecule has 0 spiro atoms. The Bertz CT molecular complexity index is 551. The summed E-state index contributed by atoms with van der Waals surface area (Å²) in [5.41, 5.74) is 1.07. The fraction of sp³-hybridized carbons (Fsp3) is 0.625. The highest BCUT2D eigenvalue weighted by Crippen LogP contribution is 2.23. The van der Waals surface area contributed by atoms with Gasteiger partial charge in [-0.2, -0.15) is 5.10 Å². The van der Waals surface area contributed by atoms with E-state index < -0.39 is 0 Å². The number of anilines is 1. The third-order valence-corrected chi connectivity index (χ3v) is 4.28. The molecule has 2 heterocycles. The molecule has 1 aliphatic carbocycles. The largest absolute Gasteiger partial charge is 0.353 e. The van der Waals surface area contributed by atoms with Crippen LogP contribution in [0.3, 0.4) is 0 Å². The lowest BCUT2D eigenvalue weighted by atomic mass is 9.96. The number of hydrogen-bond donors (Lipinski definition) is 1. The molecule has 1 atom stereocenters. The lowest BCUT2D eigenvalue weighted by molar-refractivity contribution is 0.429. The molecule has 3 rings (SSSR count). The minimum atomic E-state index is 0.331. The predicted molar refractivity (Wildman–Crippen MR) is 84.4 cm³/mol. The van der Waals surface area contributed by atoms with E-state index in [4.69, 9.17) is 0 Å². The van der Waals surface area contributed by atoms with E-state index in [1.807, 2.05) is 23.1 Å². The number of rotatable bonds is 5. The first-order valence-electron chi connectivity index (χ1n) is 8.02. The van der Waals surface area contributed by atoms with E-state index in [-0.39, 0.29) is 0 Å². The molecule has 1 saturated carbocycles. The maximum Gasteiger partial charge on any atom is 0.203 e. The first-order chi connectivity index (χ1) is 10.2. The highest BCUT2D eigenvalue weighted by atomic mass is 15.3. The van der Waals surface area contributed by atoms with Gasteiger partial charge in [0, 0.05) is 24.6 Å². The van der Waals surface area contributed by atoms with Crippen molar-refractivity contribution in [3.05, 3.63) is 30.4 Å². The SMILES string of the molecule is Cc1cn(C(C)Cn2cccn2)c(NC2CCCCC2)n1. The Kier molecular flexibility index (Phi) is 4.27. The van der Waals surface area contributed by atoms with Crippen molar-refractivity contribution in [2.75, 3.05) is 5.32 Å². The smallest absolute Gasteiger partial charge is 0.203 e. The van der Waals surface area contributed by atoms with Gasteiger partial charge < -0.3 is 9.88 Å². The van der Waals surface area contributed by atoms with Gasteiger partial charge in [-0.05, 0) is 32.8 Å². The van der Waals surface area contributed by atoms with E-state index in [0.29, 0.717) is 12.1 Å². The number of aryl methyl sites for hydroxylation is 1. The Morgan fingerprint density at radius 1 is 1.33 bits per heavy atom. The summed E-state index contributed by atoms with van der Waals surface area (Å²) in [7, 11) is 0. The Morgan fingerprint density at radius 3 is 2.86 bits per heavy atom.